The molecule has 0 spiro atoms. The Bertz CT molecular complexity index is 1190. The molecular formula is C25H23ClN3O3+. The molecule has 3 aromatic rings. The Labute approximate surface area is 191 Å². The number of nitrogens with one attached hydrogen (secondary N) is 2. The van der Waals surface area contributed by atoms with Gasteiger partial charge in [-0.1, -0.05) is 53.6 Å². The number of ether oxygens (including phenoxy) is 1. The monoisotopic (exact) mass is 448 g/mol. The summed E-state index contributed by atoms with van der Waals surface area (Å²) in [5.74, 6) is 0.0490. The van der Waals surface area contributed by atoms with Gasteiger partial charge in [0.1, 0.15) is 5.75 Å². The molecule has 1 saturated heterocycles. The van der Waals surface area contributed by atoms with Crippen LogP contribution < -0.4 is 15.5 Å². The van der Waals surface area contributed by atoms with Crippen molar-refractivity contribution in [2.45, 2.75) is 19.0 Å². The summed E-state index contributed by atoms with van der Waals surface area (Å²) in [5.41, 5.74) is 5.96. The molecule has 2 amide bonds. The van der Waals surface area contributed by atoms with E-state index in [1.807, 2.05) is 55.5 Å². The second-order valence-corrected chi connectivity index (χ2v) is 8.01. The third kappa shape index (κ3) is 4.50. The number of rotatable bonds is 5. The van der Waals surface area contributed by atoms with Crippen LogP contribution in [-0.2, 0) is 4.79 Å². The highest BCUT2D eigenvalue weighted by atomic mass is 35.5. The highest BCUT2D eigenvalue weighted by Gasteiger charge is 2.47. The standard InChI is InChI=1S/C25H22ClN3O3/c1-16-6-5-8-18(14-16)24(30)27-22-23(17-10-12-20(26)13-11-17)29(28-25(22)31)15-19-7-3-4-9-21(19)32-2/h3-15,22-23H,1-2H3,(H-,27,28,30,31)/p+1/b29-15-. The fourth-order valence-corrected chi connectivity index (χ4v) is 3.90. The molecule has 1 fully saturated rings. The smallest absolute Gasteiger partial charge is 0.304 e. The van der Waals surface area contributed by atoms with Crippen molar-refractivity contribution >= 4 is 29.6 Å². The maximum absolute atomic E-state index is 13.0. The summed E-state index contributed by atoms with van der Waals surface area (Å²) in [4.78, 5) is 25.9. The SMILES string of the molecule is COc1ccccc1/C=[N+]1\NC(=O)C(NC(=O)c2cccc(C)c2)C1c1ccc(Cl)cc1. The van der Waals surface area contributed by atoms with Crippen molar-refractivity contribution in [3.8, 4) is 5.75 Å². The molecule has 162 valence electrons. The Morgan fingerprint density at radius 3 is 2.56 bits per heavy atom. The van der Waals surface area contributed by atoms with E-state index >= 15 is 0 Å². The molecular weight excluding hydrogens is 426 g/mol. The summed E-state index contributed by atoms with van der Waals surface area (Å²) < 4.78 is 7.14. The number of carbonyl (C=O) groups excluding carboxylic acids is 2. The zero-order valence-corrected chi connectivity index (χ0v) is 18.5. The molecule has 3 aromatic carbocycles. The molecule has 0 aliphatic carbocycles. The van der Waals surface area contributed by atoms with Gasteiger partial charge in [0.25, 0.3) is 5.91 Å². The quantitative estimate of drug-likeness (QED) is 0.585. The number of benzene rings is 3. The van der Waals surface area contributed by atoms with Gasteiger partial charge >= 0.3 is 5.91 Å². The maximum atomic E-state index is 13.0. The molecule has 2 atom stereocenters. The topological polar surface area (TPSA) is 70.4 Å². The number of hydrazone groups is 1. The number of carbonyl (C=O) groups is 2. The van der Waals surface area contributed by atoms with Crippen LogP contribution in [0.2, 0.25) is 5.02 Å². The lowest BCUT2D eigenvalue weighted by Crippen LogP contribution is -2.42. The predicted molar refractivity (Wildman–Crippen MR) is 123 cm³/mol. The van der Waals surface area contributed by atoms with Crippen LogP contribution in [0.25, 0.3) is 0 Å². The maximum Gasteiger partial charge on any atom is 0.304 e. The Hall–Kier alpha value is -3.64. The first-order valence-corrected chi connectivity index (χ1v) is 10.5. The molecule has 0 aromatic heterocycles. The number of halogens is 1. The van der Waals surface area contributed by atoms with E-state index in [0.717, 1.165) is 16.7 Å². The predicted octanol–water partition coefficient (Wildman–Crippen LogP) is 3.67. The van der Waals surface area contributed by atoms with Crippen molar-refractivity contribution in [1.29, 1.82) is 0 Å². The van der Waals surface area contributed by atoms with E-state index in [0.29, 0.717) is 16.3 Å². The molecule has 2 unspecified atom stereocenters. The van der Waals surface area contributed by atoms with Gasteiger partial charge in [0.2, 0.25) is 12.3 Å². The van der Waals surface area contributed by atoms with Crippen LogP contribution in [0.3, 0.4) is 0 Å². The van der Waals surface area contributed by atoms with Crippen LogP contribution in [-0.4, -0.2) is 35.9 Å². The normalized spacial score (nSPS) is 19.0. The zero-order valence-electron chi connectivity index (χ0n) is 17.7. The first-order valence-electron chi connectivity index (χ1n) is 10.2. The summed E-state index contributed by atoms with van der Waals surface area (Å²) in [7, 11) is 1.59. The van der Waals surface area contributed by atoms with Gasteiger partial charge < -0.3 is 10.1 Å². The van der Waals surface area contributed by atoms with Crippen LogP contribution in [0.1, 0.15) is 33.1 Å². The van der Waals surface area contributed by atoms with Gasteiger partial charge in [-0.3, -0.25) is 9.59 Å². The highest BCUT2D eigenvalue weighted by Crippen LogP contribution is 2.27. The zero-order chi connectivity index (χ0) is 22.7. The van der Waals surface area contributed by atoms with E-state index in [1.165, 1.54) is 0 Å². The van der Waals surface area contributed by atoms with Crippen LogP contribution in [0.15, 0.2) is 72.8 Å². The van der Waals surface area contributed by atoms with Gasteiger partial charge in [-0.15, -0.1) is 10.1 Å². The molecule has 1 aliphatic rings. The fourth-order valence-electron chi connectivity index (χ4n) is 3.77. The minimum Gasteiger partial charge on any atom is -0.496 e. The molecule has 0 saturated carbocycles. The van der Waals surface area contributed by atoms with E-state index in [2.05, 4.69) is 10.7 Å². The van der Waals surface area contributed by atoms with Crippen molar-refractivity contribution in [2.75, 3.05) is 7.11 Å². The van der Waals surface area contributed by atoms with Crippen molar-refractivity contribution < 1.29 is 19.0 Å². The third-order valence-corrected chi connectivity index (χ3v) is 5.58. The molecule has 7 heteroatoms. The van der Waals surface area contributed by atoms with E-state index in [-0.39, 0.29) is 11.8 Å². The van der Waals surface area contributed by atoms with E-state index < -0.39 is 12.1 Å². The number of aryl methyl sites for hydroxylation is 1. The van der Waals surface area contributed by atoms with Crippen LogP contribution >= 0.6 is 11.6 Å². The molecule has 2 N–H and O–H groups in total. The molecule has 0 radical (unpaired) electrons. The Morgan fingerprint density at radius 2 is 1.84 bits per heavy atom. The van der Waals surface area contributed by atoms with Gasteiger partial charge in [-0.2, -0.15) is 0 Å². The second-order valence-electron chi connectivity index (χ2n) is 7.57. The van der Waals surface area contributed by atoms with E-state index in [4.69, 9.17) is 16.3 Å². The van der Waals surface area contributed by atoms with Crippen molar-refractivity contribution in [2.24, 2.45) is 0 Å². The van der Waals surface area contributed by atoms with Crippen LogP contribution in [0, 0.1) is 6.92 Å². The molecule has 4 rings (SSSR count). The Morgan fingerprint density at radius 1 is 1.09 bits per heavy atom. The lowest BCUT2D eigenvalue weighted by molar-refractivity contribution is -0.596. The number of hydrazine groups is 1. The number of hydrogen-bond acceptors (Lipinski definition) is 3. The summed E-state index contributed by atoms with van der Waals surface area (Å²) in [6.45, 7) is 1.92. The van der Waals surface area contributed by atoms with Gasteiger partial charge in [0.15, 0.2) is 6.04 Å². The number of amides is 2. The molecule has 0 bridgehead atoms. The lowest BCUT2D eigenvalue weighted by Gasteiger charge is -2.15. The fraction of sp³-hybridized carbons (Fsp3) is 0.160. The number of methoxy groups -OCH3 is 1. The highest BCUT2D eigenvalue weighted by molar-refractivity contribution is 6.30. The van der Waals surface area contributed by atoms with Crippen molar-refractivity contribution in [3.05, 3.63) is 100 Å². The third-order valence-electron chi connectivity index (χ3n) is 5.33. The van der Waals surface area contributed by atoms with Crippen LogP contribution in [0.4, 0.5) is 0 Å². The molecule has 32 heavy (non-hydrogen) atoms. The van der Waals surface area contributed by atoms with Gasteiger partial charge in [0.05, 0.1) is 12.7 Å². The molecule has 1 aliphatic heterocycles. The lowest BCUT2D eigenvalue weighted by atomic mass is 9.99. The van der Waals surface area contributed by atoms with E-state index in [1.54, 1.807) is 42.3 Å². The Kier molecular flexibility index (Phi) is 6.23. The van der Waals surface area contributed by atoms with Crippen molar-refractivity contribution in [3.63, 3.8) is 0 Å². The largest absolute Gasteiger partial charge is 0.496 e. The number of nitrogens with zero attached hydrogens (tertiary/aromatic N) is 1. The van der Waals surface area contributed by atoms with Gasteiger partial charge in [-0.05, 0) is 43.3 Å². The molecule has 6 nitrogen and oxygen atoms in total. The first kappa shape index (κ1) is 21.6. The van der Waals surface area contributed by atoms with Crippen LogP contribution in [0.5, 0.6) is 5.75 Å². The van der Waals surface area contributed by atoms with E-state index in [9.17, 15) is 9.59 Å². The average Bonchev–Trinajstić information content (AvgIpc) is 3.09. The summed E-state index contributed by atoms with van der Waals surface area (Å²) >= 11 is 6.08. The summed E-state index contributed by atoms with van der Waals surface area (Å²) in [6.07, 6.45) is 1.80. The minimum atomic E-state index is -0.810. The number of para-hydroxylation sites is 1. The minimum absolute atomic E-state index is 0.308. The second kappa shape index (κ2) is 9.24. The average molecular weight is 449 g/mol. The Balaban J connectivity index is 1.73. The first-order chi connectivity index (χ1) is 15.5. The summed E-state index contributed by atoms with van der Waals surface area (Å²) in [6, 6.07) is 20.7. The van der Waals surface area contributed by atoms with Gasteiger partial charge in [0, 0.05) is 16.1 Å². The molecule has 1 heterocycles. The van der Waals surface area contributed by atoms with Crippen molar-refractivity contribution in [1.82, 2.24) is 10.7 Å². The number of hydrogen-bond donors (Lipinski definition) is 2. The summed E-state index contributed by atoms with van der Waals surface area (Å²) in [5, 5.41) is 3.49. The van der Waals surface area contributed by atoms with Gasteiger partial charge in [-0.25, -0.2) is 0 Å².